The van der Waals surface area contributed by atoms with E-state index in [9.17, 15) is 0 Å². The minimum absolute atomic E-state index is 0.0107. The second kappa shape index (κ2) is 6.35. The van der Waals surface area contributed by atoms with Crippen LogP contribution in [0.5, 0.6) is 0 Å². The molecule has 0 heterocycles. The van der Waals surface area contributed by atoms with Crippen molar-refractivity contribution in [1.82, 2.24) is 10.2 Å². The van der Waals surface area contributed by atoms with Crippen LogP contribution in [0.1, 0.15) is 20.8 Å². The number of rotatable bonds is 6. The number of nitrogens with zero attached hydrogens (tertiary/aromatic N) is 1. The average molecular weight is 188 g/mol. The molecule has 3 heteroatoms. The maximum Gasteiger partial charge on any atom is 0.0599 e. The zero-order valence-corrected chi connectivity index (χ0v) is 9.68. The summed E-state index contributed by atoms with van der Waals surface area (Å²) in [5.41, 5.74) is -0.0107. The van der Waals surface area contributed by atoms with Gasteiger partial charge in [0.25, 0.3) is 0 Å². The Morgan fingerprint density at radius 1 is 1.15 bits per heavy atom. The van der Waals surface area contributed by atoms with E-state index in [2.05, 4.69) is 45.1 Å². The van der Waals surface area contributed by atoms with Crippen molar-refractivity contribution in [2.75, 3.05) is 40.3 Å². The Labute approximate surface area is 82.4 Å². The molecule has 0 atom stereocenters. The Hall–Kier alpha value is -0.120. The Balaban J connectivity index is 3.09. The molecular weight excluding hydrogens is 164 g/mol. The molecule has 0 aliphatic rings. The summed E-state index contributed by atoms with van der Waals surface area (Å²) in [4.78, 5) is 2.16. The maximum absolute atomic E-state index is 5.56. The fourth-order valence-electron chi connectivity index (χ4n) is 0.857. The topological polar surface area (TPSA) is 24.5 Å². The Kier molecular flexibility index (Phi) is 6.29. The molecule has 13 heavy (non-hydrogen) atoms. The van der Waals surface area contributed by atoms with E-state index in [0.717, 1.165) is 26.2 Å². The van der Waals surface area contributed by atoms with Crippen molar-refractivity contribution in [3.05, 3.63) is 0 Å². The first-order valence-corrected chi connectivity index (χ1v) is 4.91. The Morgan fingerprint density at radius 3 is 2.23 bits per heavy atom. The van der Waals surface area contributed by atoms with E-state index in [1.54, 1.807) is 0 Å². The molecule has 0 unspecified atom stereocenters. The van der Waals surface area contributed by atoms with Gasteiger partial charge < -0.3 is 15.0 Å². The van der Waals surface area contributed by atoms with Gasteiger partial charge in [0.15, 0.2) is 0 Å². The summed E-state index contributed by atoms with van der Waals surface area (Å²) >= 11 is 0. The van der Waals surface area contributed by atoms with Gasteiger partial charge in [-0.3, -0.25) is 0 Å². The largest absolute Gasteiger partial charge is 0.375 e. The van der Waals surface area contributed by atoms with E-state index in [-0.39, 0.29) is 5.60 Å². The average Bonchev–Trinajstić information content (AvgIpc) is 1.93. The smallest absolute Gasteiger partial charge is 0.0599 e. The highest BCUT2D eigenvalue weighted by atomic mass is 16.5. The summed E-state index contributed by atoms with van der Waals surface area (Å²) in [5, 5.41) is 3.32. The Bertz CT molecular complexity index is 119. The van der Waals surface area contributed by atoms with Gasteiger partial charge in [0.05, 0.1) is 12.2 Å². The molecule has 3 nitrogen and oxygen atoms in total. The predicted molar refractivity (Wildman–Crippen MR) is 57.1 cm³/mol. The van der Waals surface area contributed by atoms with Gasteiger partial charge >= 0.3 is 0 Å². The van der Waals surface area contributed by atoms with Gasteiger partial charge in [-0.1, -0.05) is 0 Å². The lowest BCUT2D eigenvalue weighted by molar-refractivity contribution is -0.000817. The van der Waals surface area contributed by atoms with E-state index in [0.29, 0.717) is 0 Å². The zero-order valence-electron chi connectivity index (χ0n) is 9.68. The monoisotopic (exact) mass is 188 g/mol. The van der Waals surface area contributed by atoms with Crippen molar-refractivity contribution in [1.29, 1.82) is 0 Å². The van der Waals surface area contributed by atoms with E-state index in [1.165, 1.54) is 0 Å². The van der Waals surface area contributed by atoms with Gasteiger partial charge in [-0.05, 0) is 34.9 Å². The quantitative estimate of drug-likeness (QED) is 0.628. The molecule has 0 radical (unpaired) electrons. The second-order valence-corrected chi connectivity index (χ2v) is 4.51. The van der Waals surface area contributed by atoms with Gasteiger partial charge in [-0.25, -0.2) is 0 Å². The van der Waals surface area contributed by atoms with E-state index >= 15 is 0 Å². The summed E-state index contributed by atoms with van der Waals surface area (Å²) in [6, 6.07) is 0. The highest BCUT2D eigenvalue weighted by Gasteiger charge is 2.08. The van der Waals surface area contributed by atoms with E-state index in [1.807, 2.05) is 0 Å². The molecule has 0 aromatic heterocycles. The molecule has 0 bridgehead atoms. The Morgan fingerprint density at radius 2 is 1.77 bits per heavy atom. The summed E-state index contributed by atoms with van der Waals surface area (Å²) in [6.45, 7) is 10.1. The van der Waals surface area contributed by atoms with Crippen molar-refractivity contribution in [2.24, 2.45) is 0 Å². The number of hydrogen-bond acceptors (Lipinski definition) is 3. The number of likely N-dealkylation sites (N-methyl/N-ethyl adjacent to an activating group) is 1. The van der Waals surface area contributed by atoms with Crippen molar-refractivity contribution < 1.29 is 4.74 Å². The van der Waals surface area contributed by atoms with Crippen molar-refractivity contribution in [2.45, 2.75) is 26.4 Å². The molecule has 0 amide bonds. The lowest BCUT2D eigenvalue weighted by Crippen LogP contribution is -2.31. The highest BCUT2D eigenvalue weighted by Crippen LogP contribution is 2.04. The van der Waals surface area contributed by atoms with Crippen LogP contribution in [0.25, 0.3) is 0 Å². The van der Waals surface area contributed by atoms with Gasteiger partial charge in [-0.2, -0.15) is 0 Å². The molecule has 0 fully saturated rings. The molecular formula is C10H24N2O. The van der Waals surface area contributed by atoms with Crippen LogP contribution in [0.4, 0.5) is 0 Å². The third-order valence-electron chi connectivity index (χ3n) is 1.55. The molecule has 0 aromatic carbocycles. The third kappa shape index (κ3) is 11.9. The molecule has 0 spiro atoms. The number of hydrogen-bond donors (Lipinski definition) is 1. The molecule has 0 aliphatic carbocycles. The van der Waals surface area contributed by atoms with Gasteiger partial charge in [0, 0.05) is 19.6 Å². The first-order valence-electron chi connectivity index (χ1n) is 4.91. The normalized spacial score (nSPS) is 12.5. The highest BCUT2D eigenvalue weighted by molar-refractivity contribution is 4.59. The standard InChI is InChI=1S/C10H24N2O/c1-10(2,3)13-9-7-11-6-8-12(4)5/h11H,6-9H2,1-5H3. The molecule has 1 N–H and O–H groups in total. The van der Waals surface area contributed by atoms with Crippen molar-refractivity contribution in [3.63, 3.8) is 0 Å². The minimum atomic E-state index is -0.0107. The van der Waals surface area contributed by atoms with Crippen LogP contribution in [-0.4, -0.2) is 50.8 Å². The predicted octanol–water partition coefficient (Wildman–Crippen LogP) is 0.953. The summed E-state index contributed by atoms with van der Waals surface area (Å²) in [6.07, 6.45) is 0. The second-order valence-electron chi connectivity index (χ2n) is 4.51. The van der Waals surface area contributed by atoms with Crippen LogP contribution in [-0.2, 0) is 4.74 Å². The third-order valence-corrected chi connectivity index (χ3v) is 1.55. The molecule has 0 rings (SSSR count). The van der Waals surface area contributed by atoms with Crippen LogP contribution < -0.4 is 5.32 Å². The fraction of sp³-hybridized carbons (Fsp3) is 1.00. The first-order chi connectivity index (χ1) is 5.92. The zero-order chi connectivity index (χ0) is 10.3. The van der Waals surface area contributed by atoms with E-state index < -0.39 is 0 Å². The lowest BCUT2D eigenvalue weighted by atomic mass is 10.2. The van der Waals surface area contributed by atoms with Gasteiger partial charge in [0.2, 0.25) is 0 Å². The van der Waals surface area contributed by atoms with Crippen LogP contribution >= 0.6 is 0 Å². The van der Waals surface area contributed by atoms with Crippen LogP contribution in [0.3, 0.4) is 0 Å². The van der Waals surface area contributed by atoms with Crippen LogP contribution in [0.15, 0.2) is 0 Å². The SMILES string of the molecule is CN(C)CCNCCOC(C)(C)C. The minimum Gasteiger partial charge on any atom is -0.375 e. The summed E-state index contributed by atoms with van der Waals surface area (Å²) in [7, 11) is 4.15. The molecule has 0 aromatic rings. The number of nitrogens with one attached hydrogen (secondary N) is 1. The molecule has 0 saturated carbocycles. The first kappa shape index (κ1) is 12.9. The summed E-state index contributed by atoms with van der Waals surface area (Å²) < 4.78 is 5.56. The number of ether oxygens (including phenoxy) is 1. The van der Waals surface area contributed by atoms with Crippen molar-refractivity contribution >= 4 is 0 Å². The fourth-order valence-corrected chi connectivity index (χ4v) is 0.857. The molecule has 80 valence electrons. The lowest BCUT2D eigenvalue weighted by Gasteiger charge is -2.19. The van der Waals surface area contributed by atoms with Crippen molar-refractivity contribution in [3.8, 4) is 0 Å². The molecule has 0 aliphatic heterocycles. The molecule has 0 saturated heterocycles. The van der Waals surface area contributed by atoms with Crippen LogP contribution in [0, 0.1) is 0 Å². The van der Waals surface area contributed by atoms with E-state index in [4.69, 9.17) is 4.74 Å². The van der Waals surface area contributed by atoms with Crippen LogP contribution in [0.2, 0.25) is 0 Å². The summed E-state index contributed by atoms with van der Waals surface area (Å²) in [5.74, 6) is 0. The maximum atomic E-state index is 5.56. The van der Waals surface area contributed by atoms with Gasteiger partial charge in [0.1, 0.15) is 0 Å². The van der Waals surface area contributed by atoms with Gasteiger partial charge in [-0.15, -0.1) is 0 Å².